The second-order valence-electron chi connectivity index (χ2n) is 5.41. The smallest absolute Gasteiger partial charge is 0.165 e. The minimum Gasteiger partial charge on any atom is -0.486 e. The van der Waals surface area contributed by atoms with Gasteiger partial charge < -0.3 is 9.84 Å². The van der Waals surface area contributed by atoms with Crippen LogP contribution in [0, 0.1) is 12.7 Å². The van der Waals surface area contributed by atoms with Crippen LogP contribution in [0.4, 0.5) is 4.39 Å². The lowest BCUT2D eigenvalue weighted by molar-refractivity contribution is 0.150. The molecule has 2 aromatic carbocycles. The van der Waals surface area contributed by atoms with Gasteiger partial charge in [-0.3, -0.25) is 0 Å². The Morgan fingerprint density at radius 3 is 2.50 bits per heavy atom. The summed E-state index contributed by atoms with van der Waals surface area (Å²) in [7, 11) is 0. The molecule has 2 aromatic rings. The maximum absolute atomic E-state index is 14.1. The van der Waals surface area contributed by atoms with Crippen molar-refractivity contribution < 1.29 is 14.2 Å². The van der Waals surface area contributed by atoms with Crippen LogP contribution in [0.3, 0.4) is 0 Å². The molecular formula is C17H17FO2. The second-order valence-corrected chi connectivity index (χ2v) is 5.41. The van der Waals surface area contributed by atoms with Crippen molar-refractivity contribution in [3.63, 3.8) is 0 Å². The molecule has 1 saturated carbocycles. The van der Waals surface area contributed by atoms with Gasteiger partial charge in [-0.25, -0.2) is 4.39 Å². The van der Waals surface area contributed by atoms with Gasteiger partial charge in [0, 0.05) is 0 Å². The number of hydrogen-bond donors (Lipinski definition) is 1. The molecule has 2 nitrogen and oxygen atoms in total. The molecule has 1 fully saturated rings. The Kier molecular flexibility index (Phi) is 3.22. The molecule has 0 aliphatic heterocycles. The normalized spacial score (nSPS) is 15.9. The van der Waals surface area contributed by atoms with E-state index in [9.17, 15) is 9.50 Å². The Labute approximate surface area is 117 Å². The van der Waals surface area contributed by atoms with E-state index < -0.39 is 11.4 Å². The van der Waals surface area contributed by atoms with Gasteiger partial charge in [-0.15, -0.1) is 0 Å². The predicted molar refractivity (Wildman–Crippen MR) is 75.0 cm³/mol. The summed E-state index contributed by atoms with van der Waals surface area (Å²) in [5.74, 6) is -0.141. The first-order valence-electron chi connectivity index (χ1n) is 6.78. The van der Waals surface area contributed by atoms with Crippen molar-refractivity contribution >= 4 is 0 Å². The van der Waals surface area contributed by atoms with Gasteiger partial charge >= 0.3 is 0 Å². The van der Waals surface area contributed by atoms with E-state index in [0.717, 1.165) is 11.1 Å². The summed E-state index contributed by atoms with van der Waals surface area (Å²) in [6.07, 6.45) is 1.41. The zero-order valence-electron chi connectivity index (χ0n) is 11.4. The van der Waals surface area contributed by atoms with Gasteiger partial charge in [0.25, 0.3) is 0 Å². The number of benzene rings is 2. The van der Waals surface area contributed by atoms with Crippen molar-refractivity contribution in [3.05, 3.63) is 65.0 Å². The van der Waals surface area contributed by atoms with Crippen molar-refractivity contribution in [3.8, 4) is 5.75 Å². The molecule has 0 unspecified atom stereocenters. The predicted octanol–water partition coefficient (Wildman–Crippen LogP) is 3.69. The zero-order valence-corrected chi connectivity index (χ0v) is 11.4. The molecule has 20 heavy (non-hydrogen) atoms. The SMILES string of the molecule is Cc1cc(C2(O)CC2)cc(F)c1OCc1ccccc1. The third-order valence-corrected chi connectivity index (χ3v) is 3.72. The largest absolute Gasteiger partial charge is 0.486 e. The number of halogens is 1. The molecule has 0 amide bonds. The average Bonchev–Trinajstić information content (AvgIpc) is 3.18. The third-order valence-electron chi connectivity index (χ3n) is 3.72. The summed E-state index contributed by atoms with van der Waals surface area (Å²) in [5.41, 5.74) is 1.55. The van der Waals surface area contributed by atoms with Crippen LogP contribution in [0.25, 0.3) is 0 Å². The molecular weight excluding hydrogens is 255 g/mol. The molecule has 0 atom stereocenters. The maximum Gasteiger partial charge on any atom is 0.165 e. The van der Waals surface area contributed by atoms with Gasteiger partial charge in [0.15, 0.2) is 11.6 Å². The number of hydrogen-bond acceptors (Lipinski definition) is 2. The van der Waals surface area contributed by atoms with Gasteiger partial charge in [0.05, 0.1) is 5.60 Å². The maximum atomic E-state index is 14.1. The van der Waals surface area contributed by atoms with Crippen molar-refractivity contribution in [2.45, 2.75) is 32.0 Å². The summed E-state index contributed by atoms with van der Waals surface area (Å²) in [4.78, 5) is 0. The van der Waals surface area contributed by atoms with Gasteiger partial charge in [-0.1, -0.05) is 30.3 Å². The lowest BCUT2D eigenvalue weighted by Gasteiger charge is -2.14. The molecule has 0 saturated heterocycles. The highest BCUT2D eigenvalue weighted by Crippen LogP contribution is 2.46. The molecule has 1 aliphatic rings. The van der Waals surface area contributed by atoms with E-state index in [1.54, 1.807) is 6.92 Å². The Hall–Kier alpha value is -1.87. The summed E-state index contributed by atoms with van der Waals surface area (Å²) in [6.45, 7) is 2.14. The molecule has 3 heteroatoms. The highest BCUT2D eigenvalue weighted by atomic mass is 19.1. The van der Waals surface area contributed by atoms with Gasteiger partial charge in [-0.05, 0) is 48.6 Å². The Morgan fingerprint density at radius 2 is 1.90 bits per heavy atom. The topological polar surface area (TPSA) is 29.5 Å². The minimum atomic E-state index is -0.816. The van der Waals surface area contributed by atoms with Crippen LogP contribution in [0.5, 0.6) is 5.75 Å². The lowest BCUT2D eigenvalue weighted by atomic mass is 10.0. The first-order valence-corrected chi connectivity index (χ1v) is 6.78. The van der Waals surface area contributed by atoms with Crippen molar-refractivity contribution in [1.82, 2.24) is 0 Å². The van der Waals surface area contributed by atoms with Crippen LogP contribution in [0.2, 0.25) is 0 Å². The lowest BCUT2D eigenvalue weighted by Crippen LogP contribution is -2.07. The van der Waals surface area contributed by atoms with Crippen LogP contribution in [0.15, 0.2) is 42.5 Å². The Bertz CT molecular complexity index is 595. The Morgan fingerprint density at radius 1 is 1.20 bits per heavy atom. The molecule has 0 bridgehead atoms. The number of aliphatic hydroxyl groups is 1. The first-order chi connectivity index (χ1) is 9.58. The van der Waals surface area contributed by atoms with Gasteiger partial charge in [0.1, 0.15) is 6.61 Å². The fraction of sp³-hybridized carbons (Fsp3) is 0.294. The molecule has 0 spiro atoms. The van der Waals surface area contributed by atoms with Crippen LogP contribution < -0.4 is 4.74 Å². The quantitative estimate of drug-likeness (QED) is 0.919. The summed E-state index contributed by atoms with van der Waals surface area (Å²) in [5, 5.41) is 10.0. The number of rotatable bonds is 4. The highest BCUT2D eigenvalue weighted by molar-refractivity contribution is 5.41. The summed E-state index contributed by atoms with van der Waals surface area (Å²) in [6, 6.07) is 12.9. The number of aryl methyl sites for hydroxylation is 1. The molecule has 1 N–H and O–H groups in total. The monoisotopic (exact) mass is 272 g/mol. The molecule has 0 aromatic heterocycles. The fourth-order valence-electron chi connectivity index (χ4n) is 2.32. The van der Waals surface area contributed by atoms with Crippen LogP contribution in [0.1, 0.15) is 29.5 Å². The van der Waals surface area contributed by atoms with E-state index in [4.69, 9.17) is 4.74 Å². The summed E-state index contributed by atoms with van der Waals surface area (Å²) < 4.78 is 19.7. The summed E-state index contributed by atoms with van der Waals surface area (Å²) >= 11 is 0. The van der Waals surface area contributed by atoms with E-state index in [0.29, 0.717) is 25.0 Å². The number of ether oxygens (including phenoxy) is 1. The van der Waals surface area contributed by atoms with E-state index >= 15 is 0 Å². The third kappa shape index (κ3) is 2.54. The van der Waals surface area contributed by atoms with E-state index in [1.165, 1.54) is 6.07 Å². The average molecular weight is 272 g/mol. The van der Waals surface area contributed by atoms with Gasteiger partial charge in [-0.2, -0.15) is 0 Å². The Balaban J connectivity index is 1.80. The molecule has 104 valence electrons. The molecule has 1 aliphatic carbocycles. The van der Waals surface area contributed by atoms with Crippen molar-refractivity contribution in [2.75, 3.05) is 0 Å². The van der Waals surface area contributed by atoms with Crippen molar-refractivity contribution in [2.24, 2.45) is 0 Å². The minimum absolute atomic E-state index is 0.266. The molecule has 0 radical (unpaired) electrons. The van der Waals surface area contributed by atoms with E-state index in [2.05, 4.69) is 0 Å². The molecule has 3 rings (SSSR count). The van der Waals surface area contributed by atoms with Crippen LogP contribution in [-0.4, -0.2) is 5.11 Å². The first kappa shape index (κ1) is 13.1. The van der Waals surface area contributed by atoms with Crippen LogP contribution >= 0.6 is 0 Å². The van der Waals surface area contributed by atoms with E-state index in [1.807, 2.05) is 36.4 Å². The zero-order chi connectivity index (χ0) is 14.2. The van der Waals surface area contributed by atoms with Crippen molar-refractivity contribution in [1.29, 1.82) is 0 Å². The molecule has 0 heterocycles. The standard InChI is InChI=1S/C17H17FO2/c1-12-9-14(17(19)7-8-17)10-15(18)16(12)20-11-13-5-3-2-4-6-13/h2-6,9-10,19H,7-8,11H2,1H3. The van der Waals surface area contributed by atoms with Gasteiger partial charge in [0.2, 0.25) is 0 Å². The van der Waals surface area contributed by atoms with Crippen LogP contribution in [-0.2, 0) is 12.2 Å². The highest BCUT2D eigenvalue weighted by Gasteiger charge is 2.42. The second kappa shape index (κ2) is 4.91. The van der Waals surface area contributed by atoms with E-state index in [-0.39, 0.29) is 5.75 Å². The fourth-order valence-corrected chi connectivity index (χ4v) is 2.32.